The first-order chi connectivity index (χ1) is 16.6. The Morgan fingerprint density at radius 2 is 1.97 bits per heavy atom. The molecule has 35 heavy (non-hydrogen) atoms. The van der Waals surface area contributed by atoms with Crippen molar-refractivity contribution in [1.82, 2.24) is 10.2 Å². The molecule has 1 N–H and O–H groups in total. The molecular weight excluding hydrogens is 482 g/mol. The van der Waals surface area contributed by atoms with Gasteiger partial charge >= 0.3 is 5.92 Å². The normalized spacial score (nSPS) is 18.0. The summed E-state index contributed by atoms with van der Waals surface area (Å²) < 4.78 is 35.1. The Kier molecular flexibility index (Phi) is 6.89. The number of amides is 2. The zero-order chi connectivity index (χ0) is 25.3. The summed E-state index contributed by atoms with van der Waals surface area (Å²) in [6.07, 6.45) is 0.374. The van der Waals surface area contributed by atoms with E-state index in [-0.39, 0.29) is 60.8 Å². The minimum Gasteiger partial charge on any atom is -0.493 e. The molecule has 0 aromatic heterocycles. The van der Waals surface area contributed by atoms with Crippen LogP contribution < -0.4 is 10.1 Å². The summed E-state index contributed by atoms with van der Waals surface area (Å²) in [5, 5.41) is 2.45. The number of carbonyl (C=O) groups excluding carboxylic acids is 4. The lowest BCUT2D eigenvalue weighted by atomic mass is 9.92. The molecule has 184 valence electrons. The van der Waals surface area contributed by atoms with E-state index in [4.69, 9.17) is 16.3 Å². The van der Waals surface area contributed by atoms with Gasteiger partial charge in [-0.25, -0.2) is 0 Å². The van der Waals surface area contributed by atoms with Gasteiger partial charge in [-0.2, -0.15) is 8.78 Å². The third-order valence-electron chi connectivity index (χ3n) is 6.14. The molecule has 2 amide bonds. The average Bonchev–Trinajstić information content (AvgIpc) is 3.13. The summed E-state index contributed by atoms with van der Waals surface area (Å²) in [5.74, 6) is -6.24. The van der Waals surface area contributed by atoms with Gasteiger partial charge in [-0.15, -0.1) is 0 Å². The number of nitrogens with one attached hydrogen (secondary N) is 1. The molecule has 0 spiro atoms. The highest BCUT2D eigenvalue weighted by atomic mass is 35.5. The molecule has 7 nitrogen and oxygen atoms in total. The fourth-order valence-corrected chi connectivity index (χ4v) is 4.56. The second-order valence-electron chi connectivity index (χ2n) is 8.49. The van der Waals surface area contributed by atoms with Gasteiger partial charge in [0.05, 0.1) is 24.6 Å². The molecule has 1 aliphatic heterocycles. The van der Waals surface area contributed by atoms with Crippen LogP contribution in [0.4, 0.5) is 8.78 Å². The van der Waals surface area contributed by atoms with Crippen molar-refractivity contribution in [2.75, 3.05) is 6.61 Å². The van der Waals surface area contributed by atoms with E-state index in [1.807, 2.05) is 0 Å². The molecule has 1 aliphatic carbocycles. The summed E-state index contributed by atoms with van der Waals surface area (Å²) in [7, 11) is 0. The van der Waals surface area contributed by atoms with E-state index in [9.17, 15) is 28.0 Å². The molecule has 1 heterocycles. The highest BCUT2D eigenvalue weighted by Crippen LogP contribution is 2.37. The van der Waals surface area contributed by atoms with E-state index in [1.165, 1.54) is 17.0 Å². The zero-order valence-electron chi connectivity index (χ0n) is 18.9. The van der Waals surface area contributed by atoms with Crippen LogP contribution in [0.15, 0.2) is 36.4 Å². The molecular formula is C25H23ClF2N2O5. The number of hydrogen-bond acceptors (Lipinski definition) is 5. The average molecular weight is 505 g/mol. The van der Waals surface area contributed by atoms with Gasteiger partial charge < -0.3 is 15.0 Å². The molecule has 0 bridgehead atoms. The monoisotopic (exact) mass is 504 g/mol. The van der Waals surface area contributed by atoms with Crippen molar-refractivity contribution >= 4 is 35.0 Å². The first-order valence-corrected chi connectivity index (χ1v) is 11.6. The Balaban J connectivity index is 1.45. The summed E-state index contributed by atoms with van der Waals surface area (Å²) in [6, 6.07) is 7.68. The lowest BCUT2D eigenvalue weighted by Gasteiger charge is -2.29. The maximum atomic E-state index is 14.9. The quantitative estimate of drug-likeness (QED) is 0.579. The largest absolute Gasteiger partial charge is 0.493 e. The number of hydrogen-bond donors (Lipinski definition) is 1. The highest BCUT2D eigenvalue weighted by molar-refractivity contribution is 6.30. The van der Waals surface area contributed by atoms with Crippen LogP contribution in [0.1, 0.15) is 53.2 Å². The van der Waals surface area contributed by atoms with Gasteiger partial charge in [-0.1, -0.05) is 23.7 Å². The van der Waals surface area contributed by atoms with Crippen molar-refractivity contribution in [3.05, 3.63) is 63.7 Å². The van der Waals surface area contributed by atoms with E-state index < -0.39 is 23.4 Å². The minimum atomic E-state index is -3.86. The van der Waals surface area contributed by atoms with E-state index in [1.54, 1.807) is 25.1 Å². The Hall–Kier alpha value is -3.33. The lowest BCUT2D eigenvalue weighted by molar-refractivity contribution is -0.147. The number of benzene rings is 2. The van der Waals surface area contributed by atoms with Gasteiger partial charge in [0.25, 0.3) is 11.8 Å². The van der Waals surface area contributed by atoms with Crippen molar-refractivity contribution in [2.24, 2.45) is 0 Å². The number of Topliss-reactive ketones (excluding diaryl/α,β-unsaturated/α-hetero) is 2. The van der Waals surface area contributed by atoms with Crippen molar-refractivity contribution in [2.45, 2.75) is 51.2 Å². The number of rotatable bonds is 7. The molecule has 1 unspecified atom stereocenters. The molecule has 2 aromatic rings. The van der Waals surface area contributed by atoms with E-state index in [0.717, 1.165) is 6.07 Å². The van der Waals surface area contributed by atoms with Crippen LogP contribution in [-0.4, -0.2) is 40.9 Å². The van der Waals surface area contributed by atoms with Crippen LogP contribution in [0.25, 0.3) is 0 Å². The maximum Gasteiger partial charge on any atom is 0.353 e. The first-order valence-electron chi connectivity index (χ1n) is 11.2. The Labute approximate surface area is 205 Å². The minimum absolute atomic E-state index is 0.124. The number of nitrogens with zero attached hydrogens (tertiary/aromatic N) is 1. The van der Waals surface area contributed by atoms with Gasteiger partial charge in [-0.3, -0.25) is 19.2 Å². The maximum absolute atomic E-state index is 14.9. The summed E-state index contributed by atoms with van der Waals surface area (Å²) in [5.41, 5.74) is 0.980. The standard InChI is InChI=1S/C25H23ClF2N2O5/c1-2-35-22-10-16(26)4-7-19(22)25(27,28)24(34)29-12-14-3-6-18-15(9-14)13-30(23(18)33)20-8-5-17(31)11-21(20)32/h3-4,6-7,9-10,20H,2,5,8,11-13H2,1H3,(H,29,34). The third kappa shape index (κ3) is 4.91. The first kappa shape index (κ1) is 24.8. The summed E-state index contributed by atoms with van der Waals surface area (Å²) >= 11 is 5.87. The molecule has 1 fully saturated rings. The SMILES string of the molecule is CCOc1cc(Cl)ccc1C(F)(F)C(=O)NCc1ccc2c(c1)CN(C1CCC(=O)CC1=O)C2=O. The van der Waals surface area contributed by atoms with Gasteiger partial charge in [-0.05, 0) is 48.7 Å². The predicted octanol–water partition coefficient (Wildman–Crippen LogP) is 3.79. The summed E-state index contributed by atoms with van der Waals surface area (Å²) in [6.45, 7) is 1.74. The molecule has 0 radical (unpaired) electrons. The predicted molar refractivity (Wildman–Crippen MR) is 122 cm³/mol. The number of fused-ring (bicyclic) bond motifs is 1. The number of alkyl halides is 2. The van der Waals surface area contributed by atoms with E-state index >= 15 is 0 Å². The molecule has 1 atom stereocenters. The fourth-order valence-electron chi connectivity index (χ4n) is 4.39. The smallest absolute Gasteiger partial charge is 0.353 e. The van der Waals surface area contributed by atoms with Gasteiger partial charge in [0.1, 0.15) is 11.5 Å². The van der Waals surface area contributed by atoms with Crippen LogP contribution in [0.2, 0.25) is 5.02 Å². The van der Waals surface area contributed by atoms with Gasteiger partial charge in [0.15, 0.2) is 5.78 Å². The Morgan fingerprint density at radius 1 is 1.20 bits per heavy atom. The second kappa shape index (κ2) is 9.73. The zero-order valence-corrected chi connectivity index (χ0v) is 19.7. The second-order valence-corrected chi connectivity index (χ2v) is 8.93. The number of halogens is 3. The molecule has 0 saturated heterocycles. The highest BCUT2D eigenvalue weighted by Gasteiger charge is 2.43. The fraction of sp³-hybridized carbons (Fsp3) is 0.360. The third-order valence-corrected chi connectivity index (χ3v) is 6.37. The summed E-state index contributed by atoms with van der Waals surface area (Å²) in [4.78, 5) is 50.4. The van der Waals surface area contributed by atoms with Crippen molar-refractivity contribution in [3.63, 3.8) is 0 Å². The molecule has 2 aromatic carbocycles. The Bertz CT molecular complexity index is 1220. The van der Waals surface area contributed by atoms with Gasteiger partial charge in [0, 0.05) is 30.1 Å². The van der Waals surface area contributed by atoms with Crippen LogP contribution in [0.5, 0.6) is 5.75 Å². The van der Waals surface area contributed by atoms with Crippen LogP contribution in [0, 0.1) is 0 Å². The van der Waals surface area contributed by atoms with Crippen molar-refractivity contribution in [3.8, 4) is 5.75 Å². The van der Waals surface area contributed by atoms with Crippen molar-refractivity contribution in [1.29, 1.82) is 0 Å². The number of ether oxygens (including phenoxy) is 1. The molecule has 4 rings (SSSR count). The van der Waals surface area contributed by atoms with Gasteiger partial charge in [0.2, 0.25) is 0 Å². The van der Waals surface area contributed by atoms with Crippen molar-refractivity contribution < 1.29 is 32.7 Å². The molecule has 10 heteroatoms. The molecule has 1 saturated carbocycles. The number of ketones is 2. The van der Waals surface area contributed by atoms with E-state index in [0.29, 0.717) is 23.1 Å². The number of carbonyl (C=O) groups is 4. The Morgan fingerprint density at radius 3 is 2.69 bits per heavy atom. The van der Waals surface area contributed by atoms with E-state index in [2.05, 4.69) is 5.32 Å². The molecule has 2 aliphatic rings. The van der Waals surface area contributed by atoms with Crippen LogP contribution in [-0.2, 0) is 33.4 Å². The van der Waals surface area contributed by atoms with Crippen LogP contribution >= 0.6 is 11.6 Å². The lowest BCUT2D eigenvalue weighted by Crippen LogP contribution is -2.44. The van der Waals surface area contributed by atoms with Crippen LogP contribution in [0.3, 0.4) is 0 Å². The topological polar surface area (TPSA) is 92.8 Å².